The topological polar surface area (TPSA) is 58.4 Å². The summed E-state index contributed by atoms with van der Waals surface area (Å²) in [4.78, 5) is 17.5. The van der Waals surface area contributed by atoms with Crippen molar-refractivity contribution in [1.29, 1.82) is 0 Å². The van der Waals surface area contributed by atoms with E-state index in [0.29, 0.717) is 6.54 Å². The highest BCUT2D eigenvalue weighted by atomic mass is 16.4. The zero-order valence-corrected chi connectivity index (χ0v) is 9.52. The monoisotopic (exact) mass is 223 g/mol. The summed E-state index contributed by atoms with van der Waals surface area (Å²) >= 11 is 0. The third-order valence-electron chi connectivity index (χ3n) is 3.04. The summed E-state index contributed by atoms with van der Waals surface area (Å²) < 4.78 is 1.78. The van der Waals surface area contributed by atoms with Gasteiger partial charge in [0.2, 0.25) is 0 Å². The maximum absolute atomic E-state index is 11.0. The van der Waals surface area contributed by atoms with Crippen LogP contribution in [-0.4, -0.2) is 38.6 Å². The van der Waals surface area contributed by atoms with E-state index >= 15 is 0 Å². The van der Waals surface area contributed by atoms with Crippen molar-refractivity contribution in [2.45, 2.75) is 32.9 Å². The molecule has 0 atom stereocenters. The number of hydrogen-bond donors (Lipinski definition) is 1. The van der Waals surface area contributed by atoms with Gasteiger partial charge >= 0.3 is 5.97 Å². The van der Waals surface area contributed by atoms with Crippen molar-refractivity contribution in [3.05, 3.63) is 17.7 Å². The van der Waals surface area contributed by atoms with Crippen molar-refractivity contribution in [3.63, 3.8) is 0 Å². The predicted molar refractivity (Wildman–Crippen MR) is 59.4 cm³/mol. The molecule has 88 valence electrons. The quantitative estimate of drug-likeness (QED) is 0.833. The van der Waals surface area contributed by atoms with E-state index in [-0.39, 0.29) is 5.69 Å². The molecule has 0 amide bonds. The van der Waals surface area contributed by atoms with Crippen LogP contribution in [0.1, 0.15) is 36.1 Å². The molecule has 0 unspecified atom stereocenters. The van der Waals surface area contributed by atoms with Crippen LogP contribution in [0.3, 0.4) is 0 Å². The Balaban J connectivity index is 2.16. The van der Waals surface area contributed by atoms with E-state index < -0.39 is 5.97 Å². The number of likely N-dealkylation sites (tertiary alicyclic amines) is 1. The van der Waals surface area contributed by atoms with E-state index in [1.807, 2.05) is 6.92 Å². The van der Waals surface area contributed by atoms with Gasteiger partial charge in [-0.1, -0.05) is 0 Å². The van der Waals surface area contributed by atoms with Gasteiger partial charge in [0.25, 0.3) is 0 Å². The van der Waals surface area contributed by atoms with Crippen molar-refractivity contribution in [2.75, 3.05) is 13.1 Å². The lowest BCUT2D eigenvalue weighted by Gasteiger charge is -2.15. The highest BCUT2D eigenvalue weighted by Gasteiger charge is 2.18. The molecule has 0 aliphatic carbocycles. The Hall–Kier alpha value is -1.36. The number of imidazole rings is 1. The first-order valence-corrected chi connectivity index (χ1v) is 5.72. The maximum atomic E-state index is 11.0. The first kappa shape index (κ1) is 11.1. The SMILES string of the molecule is CCn1c(C(=O)O)cnc1CN1CCCC1. The molecule has 2 heterocycles. The van der Waals surface area contributed by atoms with Gasteiger partial charge < -0.3 is 9.67 Å². The minimum Gasteiger partial charge on any atom is -0.477 e. The Morgan fingerprint density at radius 1 is 1.50 bits per heavy atom. The van der Waals surface area contributed by atoms with Crippen LogP contribution in [0.25, 0.3) is 0 Å². The molecule has 1 fully saturated rings. The van der Waals surface area contributed by atoms with Crippen LogP contribution in [0, 0.1) is 0 Å². The summed E-state index contributed by atoms with van der Waals surface area (Å²) in [5.41, 5.74) is 0.289. The van der Waals surface area contributed by atoms with Crippen LogP contribution in [0.4, 0.5) is 0 Å². The van der Waals surface area contributed by atoms with Crippen LogP contribution in [0.2, 0.25) is 0 Å². The van der Waals surface area contributed by atoms with Gasteiger partial charge in [0.1, 0.15) is 11.5 Å². The smallest absolute Gasteiger partial charge is 0.354 e. The molecule has 1 aromatic rings. The van der Waals surface area contributed by atoms with Gasteiger partial charge in [-0.15, -0.1) is 0 Å². The molecule has 0 bridgehead atoms. The third-order valence-corrected chi connectivity index (χ3v) is 3.04. The molecule has 1 aliphatic heterocycles. The molecule has 0 saturated carbocycles. The van der Waals surface area contributed by atoms with E-state index in [1.54, 1.807) is 4.57 Å². The van der Waals surface area contributed by atoms with Gasteiger partial charge in [-0.3, -0.25) is 4.90 Å². The minimum absolute atomic E-state index is 0.289. The predicted octanol–water partition coefficient (Wildman–Crippen LogP) is 1.20. The zero-order chi connectivity index (χ0) is 11.5. The molecule has 2 rings (SSSR count). The lowest BCUT2D eigenvalue weighted by molar-refractivity contribution is 0.0684. The normalized spacial score (nSPS) is 16.8. The average Bonchev–Trinajstić information content (AvgIpc) is 2.87. The van der Waals surface area contributed by atoms with Crippen LogP contribution in [0.15, 0.2) is 6.20 Å². The Bertz CT molecular complexity index is 381. The minimum atomic E-state index is -0.901. The highest BCUT2D eigenvalue weighted by Crippen LogP contribution is 2.13. The van der Waals surface area contributed by atoms with Gasteiger partial charge in [-0.25, -0.2) is 9.78 Å². The van der Waals surface area contributed by atoms with E-state index in [4.69, 9.17) is 5.11 Å². The van der Waals surface area contributed by atoms with Crippen LogP contribution in [0.5, 0.6) is 0 Å². The van der Waals surface area contributed by atoms with E-state index in [2.05, 4.69) is 9.88 Å². The van der Waals surface area contributed by atoms with E-state index in [0.717, 1.165) is 25.5 Å². The molecule has 0 aromatic carbocycles. The molecule has 5 nitrogen and oxygen atoms in total. The fourth-order valence-corrected chi connectivity index (χ4v) is 2.20. The van der Waals surface area contributed by atoms with Crippen molar-refractivity contribution >= 4 is 5.97 Å². The Morgan fingerprint density at radius 2 is 2.19 bits per heavy atom. The second kappa shape index (κ2) is 4.65. The summed E-state index contributed by atoms with van der Waals surface area (Å²) in [7, 11) is 0. The molecule has 5 heteroatoms. The van der Waals surface area contributed by atoms with Gasteiger partial charge in [0, 0.05) is 6.54 Å². The molecule has 1 N–H and O–H groups in total. The molecule has 1 saturated heterocycles. The molecule has 0 spiro atoms. The number of rotatable bonds is 4. The Morgan fingerprint density at radius 3 is 2.75 bits per heavy atom. The number of carboxylic acid groups (broad SMARTS) is 1. The molecular formula is C11H17N3O2. The lowest BCUT2D eigenvalue weighted by atomic mass is 10.4. The standard InChI is InChI=1S/C11H17N3O2/c1-2-14-9(11(15)16)7-12-10(14)8-13-5-3-4-6-13/h7H,2-6,8H2,1H3,(H,15,16). The second-order valence-electron chi connectivity index (χ2n) is 4.09. The first-order chi connectivity index (χ1) is 7.72. The first-order valence-electron chi connectivity index (χ1n) is 5.72. The van der Waals surface area contributed by atoms with Gasteiger partial charge in [0.15, 0.2) is 0 Å². The fourth-order valence-electron chi connectivity index (χ4n) is 2.20. The van der Waals surface area contributed by atoms with Crippen LogP contribution < -0.4 is 0 Å². The summed E-state index contributed by atoms with van der Waals surface area (Å²) in [6, 6.07) is 0. The zero-order valence-electron chi connectivity index (χ0n) is 9.52. The summed E-state index contributed by atoms with van der Waals surface area (Å²) in [6.07, 6.45) is 3.93. The molecule has 1 aromatic heterocycles. The number of carboxylic acids is 1. The van der Waals surface area contributed by atoms with Crippen molar-refractivity contribution in [1.82, 2.24) is 14.5 Å². The number of aromatic carboxylic acids is 1. The van der Waals surface area contributed by atoms with Crippen LogP contribution >= 0.6 is 0 Å². The molecule has 1 aliphatic rings. The van der Waals surface area contributed by atoms with Gasteiger partial charge in [-0.2, -0.15) is 0 Å². The molecule has 0 radical (unpaired) electrons. The summed E-state index contributed by atoms with van der Waals surface area (Å²) in [5.74, 6) is -0.0381. The summed E-state index contributed by atoms with van der Waals surface area (Å²) in [6.45, 7) is 5.56. The number of aromatic nitrogens is 2. The molecular weight excluding hydrogens is 206 g/mol. The number of hydrogen-bond acceptors (Lipinski definition) is 3. The van der Waals surface area contributed by atoms with Crippen molar-refractivity contribution in [3.8, 4) is 0 Å². The highest BCUT2D eigenvalue weighted by molar-refractivity contribution is 5.85. The lowest BCUT2D eigenvalue weighted by Crippen LogP contribution is -2.22. The Labute approximate surface area is 94.7 Å². The average molecular weight is 223 g/mol. The number of nitrogens with zero attached hydrogens (tertiary/aromatic N) is 3. The van der Waals surface area contributed by atoms with Crippen LogP contribution in [-0.2, 0) is 13.1 Å². The van der Waals surface area contributed by atoms with Crippen molar-refractivity contribution < 1.29 is 9.90 Å². The van der Waals surface area contributed by atoms with Gasteiger partial charge in [-0.05, 0) is 32.9 Å². The fraction of sp³-hybridized carbons (Fsp3) is 0.636. The Kier molecular flexibility index (Phi) is 3.24. The molecule has 16 heavy (non-hydrogen) atoms. The summed E-state index contributed by atoms with van der Waals surface area (Å²) in [5, 5.41) is 9.00. The number of carbonyl (C=O) groups is 1. The second-order valence-corrected chi connectivity index (χ2v) is 4.09. The maximum Gasteiger partial charge on any atom is 0.354 e. The van der Waals surface area contributed by atoms with E-state index in [9.17, 15) is 4.79 Å². The third kappa shape index (κ3) is 2.09. The van der Waals surface area contributed by atoms with Crippen molar-refractivity contribution in [2.24, 2.45) is 0 Å². The van der Waals surface area contributed by atoms with Gasteiger partial charge in [0.05, 0.1) is 12.7 Å². The van der Waals surface area contributed by atoms with E-state index in [1.165, 1.54) is 19.0 Å². The largest absolute Gasteiger partial charge is 0.477 e.